The SMILES string of the molecule is CCCCC=CC=CC=CCCCCCCCC(=O)OCCCO. The Kier molecular flexibility index (Phi) is 18.6. The van der Waals surface area contributed by atoms with Gasteiger partial charge in [-0.3, -0.25) is 4.79 Å². The standard InChI is InChI=1S/C21H36O3/c1-2-3-4-5-6-7-8-9-10-11-12-13-14-15-16-18-21(23)24-20-17-19-22/h5-10,22H,2-4,11-20H2,1H3. The number of hydrogen-bond donors (Lipinski definition) is 1. The highest BCUT2D eigenvalue weighted by atomic mass is 16.5. The molecule has 0 saturated heterocycles. The largest absolute Gasteiger partial charge is 0.466 e. The summed E-state index contributed by atoms with van der Waals surface area (Å²) in [7, 11) is 0. The summed E-state index contributed by atoms with van der Waals surface area (Å²) >= 11 is 0. The van der Waals surface area contributed by atoms with Crippen molar-refractivity contribution in [2.24, 2.45) is 0 Å². The van der Waals surface area contributed by atoms with Crippen LogP contribution in [0.25, 0.3) is 0 Å². The van der Waals surface area contributed by atoms with E-state index in [1.807, 2.05) is 0 Å². The van der Waals surface area contributed by atoms with Crippen LogP contribution in [-0.4, -0.2) is 24.3 Å². The third kappa shape index (κ3) is 18.7. The van der Waals surface area contributed by atoms with Crippen LogP contribution in [0.15, 0.2) is 36.5 Å². The topological polar surface area (TPSA) is 46.5 Å². The quantitative estimate of drug-likeness (QED) is 0.230. The predicted octanol–water partition coefficient (Wildman–Crippen LogP) is 5.50. The van der Waals surface area contributed by atoms with Gasteiger partial charge in [0.2, 0.25) is 0 Å². The van der Waals surface area contributed by atoms with Crippen molar-refractivity contribution in [1.29, 1.82) is 0 Å². The Morgan fingerprint density at radius 2 is 1.46 bits per heavy atom. The van der Waals surface area contributed by atoms with E-state index in [9.17, 15) is 4.79 Å². The fourth-order valence-corrected chi connectivity index (χ4v) is 2.18. The zero-order valence-electron chi connectivity index (χ0n) is 15.4. The van der Waals surface area contributed by atoms with E-state index in [-0.39, 0.29) is 12.6 Å². The predicted molar refractivity (Wildman–Crippen MR) is 102 cm³/mol. The molecular weight excluding hydrogens is 300 g/mol. The molecule has 1 N–H and O–H groups in total. The lowest BCUT2D eigenvalue weighted by Gasteiger charge is -2.03. The molecule has 0 atom stereocenters. The first kappa shape index (κ1) is 22.6. The molecule has 0 aliphatic rings. The van der Waals surface area contributed by atoms with Crippen LogP contribution < -0.4 is 0 Å². The number of esters is 1. The molecule has 0 spiro atoms. The van der Waals surface area contributed by atoms with Crippen LogP contribution in [-0.2, 0) is 9.53 Å². The maximum Gasteiger partial charge on any atom is 0.305 e. The highest BCUT2D eigenvalue weighted by Crippen LogP contribution is 2.08. The second kappa shape index (κ2) is 19.7. The Morgan fingerprint density at radius 1 is 0.833 bits per heavy atom. The van der Waals surface area contributed by atoms with Gasteiger partial charge in [0.1, 0.15) is 0 Å². The van der Waals surface area contributed by atoms with Crippen molar-refractivity contribution in [2.45, 2.75) is 77.6 Å². The Hall–Kier alpha value is -1.35. The van der Waals surface area contributed by atoms with Crippen molar-refractivity contribution >= 4 is 5.97 Å². The van der Waals surface area contributed by atoms with Gasteiger partial charge in [0.05, 0.1) is 6.61 Å². The van der Waals surface area contributed by atoms with Crippen molar-refractivity contribution in [1.82, 2.24) is 0 Å². The maximum atomic E-state index is 11.3. The summed E-state index contributed by atoms with van der Waals surface area (Å²) in [4.78, 5) is 11.3. The number of ether oxygens (including phenoxy) is 1. The summed E-state index contributed by atoms with van der Waals surface area (Å²) in [6.07, 6.45) is 24.3. The summed E-state index contributed by atoms with van der Waals surface area (Å²) in [5.41, 5.74) is 0. The fraction of sp³-hybridized carbons (Fsp3) is 0.667. The third-order valence-corrected chi connectivity index (χ3v) is 3.65. The molecule has 138 valence electrons. The molecule has 0 radical (unpaired) electrons. The van der Waals surface area contributed by atoms with Gasteiger partial charge in [0.15, 0.2) is 0 Å². The molecule has 24 heavy (non-hydrogen) atoms. The molecule has 0 aliphatic carbocycles. The van der Waals surface area contributed by atoms with Crippen LogP contribution in [0.5, 0.6) is 0 Å². The van der Waals surface area contributed by atoms with Crippen molar-refractivity contribution in [3.05, 3.63) is 36.5 Å². The Labute approximate surface area is 148 Å². The average Bonchev–Trinajstić information content (AvgIpc) is 2.58. The van der Waals surface area contributed by atoms with Gasteiger partial charge in [-0.1, -0.05) is 75.5 Å². The van der Waals surface area contributed by atoms with E-state index in [0.717, 1.165) is 19.3 Å². The molecule has 3 heteroatoms. The molecule has 3 nitrogen and oxygen atoms in total. The fourth-order valence-electron chi connectivity index (χ4n) is 2.18. The monoisotopic (exact) mass is 336 g/mol. The third-order valence-electron chi connectivity index (χ3n) is 3.65. The molecule has 0 amide bonds. The van der Waals surface area contributed by atoms with Crippen molar-refractivity contribution in [2.75, 3.05) is 13.2 Å². The van der Waals surface area contributed by atoms with Crippen LogP contribution >= 0.6 is 0 Å². The Balaban J connectivity index is 3.32. The first-order chi connectivity index (χ1) is 11.8. The molecule has 0 saturated carbocycles. The van der Waals surface area contributed by atoms with E-state index in [0.29, 0.717) is 19.4 Å². The summed E-state index contributed by atoms with van der Waals surface area (Å²) < 4.78 is 4.98. The Bertz CT molecular complexity index is 356. The number of unbranched alkanes of at least 4 members (excludes halogenated alkanes) is 7. The van der Waals surface area contributed by atoms with E-state index >= 15 is 0 Å². The number of carbonyl (C=O) groups is 1. The lowest BCUT2D eigenvalue weighted by molar-refractivity contribution is -0.144. The zero-order chi connectivity index (χ0) is 17.7. The van der Waals surface area contributed by atoms with Gasteiger partial charge in [-0.15, -0.1) is 0 Å². The summed E-state index contributed by atoms with van der Waals surface area (Å²) in [6.45, 7) is 2.62. The van der Waals surface area contributed by atoms with Gasteiger partial charge in [-0.05, 0) is 25.7 Å². The van der Waals surface area contributed by atoms with E-state index in [1.165, 1.54) is 38.5 Å². The molecule has 0 aromatic rings. The first-order valence-electron chi connectivity index (χ1n) is 9.56. The van der Waals surface area contributed by atoms with Crippen LogP contribution in [0.3, 0.4) is 0 Å². The number of allylic oxidation sites excluding steroid dienone is 6. The van der Waals surface area contributed by atoms with E-state index in [2.05, 4.69) is 43.4 Å². The van der Waals surface area contributed by atoms with Gasteiger partial charge < -0.3 is 9.84 Å². The minimum atomic E-state index is -0.137. The van der Waals surface area contributed by atoms with Gasteiger partial charge in [0, 0.05) is 19.4 Å². The second-order valence-electron chi connectivity index (χ2n) is 5.99. The molecule has 0 aromatic heterocycles. The Morgan fingerprint density at radius 3 is 2.12 bits per heavy atom. The number of aliphatic hydroxyl groups is 1. The lowest BCUT2D eigenvalue weighted by Crippen LogP contribution is -2.06. The molecule has 0 fully saturated rings. The van der Waals surface area contributed by atoms with Crippen molar-refractivity contribution < 1.29 is 14.6 Å². The highest BCUT2D eigenvalue weighted by molar-refractivity contribution is 5.69. The van der Waals surface area contributed by atoms with Crippen LogP contribution in [0, 0.1) is 0 Å². The van der Waals surface area contributed by atoms with Crippen molar-refractivity contribution in [3.63, 3.8) is 0 Å². The lowest BCUT2D eigenvalue weighted by atomic mass is 10.1. The highest BCUT2D eigenvalue weighted by Gasteiger charge is 2.01. The molecule has 0 bridgehead atoms. The first-order valence-corrected chi connectivity index (χ1v) is 9.56. The van der Waals surface area contributed by atoms with Gasteiger partial charge in [-0.25, -0.2) is 0 Å². The summed E-state index contributed by atoms with van der Waals surface area (Å²) in [5, 5.41) is 8.59. The normalized spacial score (nSPS) is 11.9. The zero-order valence-corrected chi connectivity index (χ0v) is 15.4. The minimum Gasteiger partial charge on any atom is -0.466 e. The minimum absolute atomic E-state index is 0.0766. The van der Waals surface area contributed by atoms with Crippen LogP contribution in [0.4, 0.5) is 0 Å². The summed E-state index contributed by atoms with van der Waals surface area (Å²) in [5.74, 6) is -0.137. The van der Waals surface area contributed by atoms with Gasteiger partial charge >= 0.3 is 5.97 Å². The maximum absolute atomic E-state index is 11.3. The summed E-state index contributed by atoms with van der Waals surface area (Å²) in [6, 6.07) is 0. The molecule has 0 rings (SSSR count). The number of hydrogen-bond acceptors (Lipinski definition) is 3. The molecule has 0 unspecified atom stereocenters. The molecule has 0 aliphatic heterocycles. The average molecular weight is 337 g/mol. The molecule has 0 aromatic carbocycles. The van der Waals surface area contributed by atoms with Gasteiger partial charge in [-0.2, -0.15) is 0 Å². The molecular formula is C21H36O3. The van der Waals surface area contributed by atoms with E-state index < -0.39 is 0 Å². The number of rotatable bonds is 16. The smallest absolute Gasteiger partial charge is 0.305 e. The van der Waals surface area contributed by atoms with Crippen LogP contribution in [0.2, 0.25) is 0 Å². The van der Waals surface area contributed by atoms with Crippen LogP contribution in [0.1, 0.15) is 77.6 Å². The van der Waals surface area contributed by atoms with E-state index in [4.69, 9.17) is 9.84 Å². The number of aliphatic hydroxyl groups excluding tert-OH is 1. The second-order valence-corrected chi connectivity index (χ2v) is 5.99. The van der Waals surface area contributed by atoms with Crippen molar-refractivity contribution in [3.8, 4) is 0 Å². The molecule has 0 heterocycles. The number of carbonyl (C=O) groups excluding carboxylic acids is 1. The van der Waals surface area contributed by atoms with Gasteiger partial charge in [0.25, 0.3) is 0 Å². The van der Waals surface area contributed by atoms with E-state index in [1.54, 1.807) is 0 Å².